The summed E-state index contributed by atoms with van der Waals surface area (Å²) in [5.74, 6) is -0.0284. The second kappa shape index (κ2) is 5.87. The maximum absolute atomic E-state index is 10.9. The van der Waals surface area contributed by atoms with Crippen molar-refractivity contribution < 1.29 is 4.79 Å². The van der Waals surface area contributed by atoms with Gasteiger partial charge in [-0.2, -0.15) is 0 Å². The van der Waals surface area contributed by atoms with Crippen LogP contribution in [0.5, 0.6) is 0 Å². The number of anilines is 2. The van der Waals surface area contributed by atoms with E-state index < -0.39 is 0 Å². The summed E-state index contributed by atoms with van der Waals surface area (Å²) in [6.45, 7) is 9.28. The van der Waals surface area contributed by atoms with Crippen LogP contribution in [-0.2, 0) is 4.79 Å². The van der Waals surface area contributed by atoms with Crippen LogP contribution in [-0.4, -0.2) is 43.5 Å². The van der Waals surface area contributed by atoms with Gasteiger partial charge in [0.1, 0.15) is 0 Å². The first-order valence-corrected chi connectivity index (χ1v) is 6.54. The van der Waals surface area contributed by atoms with E-state index in [0.717, 1.165) is 38.4 Å². The van der Waals surface area contributed by atoms with Crippen LogP contribution in [0.4, 0.5) is 11.4 Å². The first-order valence-electron chi connectivity index (χ1n) is 6.54. The van der Waals surface area contributed by atoms with E-state index in [9.17, 15) is 4.79 Å². The lowest BCUT2D eigenvalue weighted by Crippen LogP contribution is -2.46. The summed E-state index contributed by atoms with van der Waals surface area (Å²) >= 11 is 0. The molecule has 0 atom stereocenters. The highest BCUT2D eigenvalue weighted by atomic mass is 16.1. The number of nitrogens with zero attached hydrogens (tertiary/aromatic N) is 2. The van der Waals surface area contributed by atoms with Crippen molar-refractivity contribution in [3.8, 4) is 0 Å². The van der Waals surface area contributed by atoms with Gasteiger partial charge in [-0.1, -0.05) is 6.92 Å². The maximum atomic E-state index is 10.9. The van der Waals surface area contributed by atoms with Gasteiger partial charge in [0.05, 0.1) is 0 Å². The normalized spacial score (nSPS) is 16.7. The molecule has 1 saturated heterocycles. The third-order valence-electron chi connectivity index (χ3n) is 3.37. The molecule has 1 amide bonds. The fourth-order valence-electron chi connectivity index (χ4n) is 2.28. The Labute approximate surface area is 109 Å². The third kappa shape index (κ3) is 3.23. The number of nitrogens with one attached hydrogen (secondary N) is 1. The molecule has 1 aliphatic heterocycles. The van der Waals surface area contributed by atoms with E-state index in [1.807, 2.05) is 12.1 Å². The number of hydrogen-bond donors (Lipinski definition) is 1. The molecule has 98 valence electrons. The molecule has 0 aliphatic carbocycles. The fourth-order valence-corrected chi connectivity index (χ4v) is 2.28. The summed E-state index contributed by atoms with van der Waals surface area (Å²) in [6, 6.07) is 8.08. The van der Waals surface area contributed by atoms with Crippen LogP contribution in [0.25, 0.3) is 0 Å². The molecule has 0 unspecified atom stereocenters. The number of hydrogen-bond acceptors (Lipinski definition) is 3. The number of piperazine rings is 1. The average Bonchev–Trinajstić information content (AvgIpc) is 2.39. The van der Waals surface area contributed by atoms with Gasteiger partial charge in [-0.15, -0.1) is 0 Å². The van der Waals surface area contributed by atoms with Gasteiger partial charge in [0.2, 0.25) is 5.91 Å². The van der Waals surface area contributed by atoms with Gasteiger partial charge in [-0.25, -0.2) is 0 Å². The van der Waals surface area contributed by atoms with Crippen molar-refractivity contribution in [1.29, 1.82) is 0 Å². The van der Waals surface area contributed by atoms with Crippen molar-refractivity contribution in [2.45, 2.75) is 13.8 Å². The quantitative estimate of drug-likeness (QED) is 0.884. The molecule has 1 heterocycles. The monoisotopic (exact) mass is 247 g/mol. The van der Waals surface area contributed by atoms with E-state index in [-0.39, 0.29) is 5.91 Å². The molecule has 1 aromatic rings. The van der Waals surface area contributed by atoms with E-state index in [1.165, 1.54) is 12.6 Å². The standard InChI is InChI=1S/C14H21N3O/c1-3-16-8-10-17(11-9-16)14-6-4-13(5-7-14)15-12(2)18/h4-7H,3,8-11H2,1-2H3,(H,15,18). The van der Waals surface area contributed by atoms with Gasteiger partial charge >= 0.3 is 0 Å². The molecule has 1 aromatic carbocycles. The van der Waals surface area contributed by atoms with Crippen LogP contribution in [0.2, 0.25) is 0 Å². The van der Waals surface area contributed by atoms with Crippen LogP contribution in [0.1, 0.15) is 13.8 Å². The molecule has 2 rings (SSSR count). The van der Waals surface area contributed by atoms with Crippen LogP contribution in [0.3, 0.4) is 0 Å². The Hall–Kier alpha value is -1.55. The molecular weight excluding hydrogens is 226 g/mol. The zero-order valence-electron chi connectivity index (χ0n) is 11.1. The lowest BCUT2D eigenvalue weighted by molar-refractivity contribution is -0.114. The minimum atomic E-state index is -0.0284. The van der Waals surface area contributed by atoms with Crippen molar-refractivity contribution in [2.75, 3.05) is 42.9 Å². The molecule has 18 heavy (non-hydrogen) atoms. The number of amides is 1. The number of likely N-dealkylation sites (N-methyl/N-ethyl adjacent to an activating group) is 1. The number of rotatable bonds is 3. The lowest BCUT2D eigenvalue weighted by atomic mass is 10.2. The number of carbonyl (C=O) groups excluding carboxylic acids is 1. The Kier molecular flexibility index (Phi) is 4.20. The Morgan fingerprint density at radius 3 is 2.28 bits per heavy atom. The van der Waals surface area contributed by atoms with E-state index in [1.54, 1.807) is 0 Å². The van der Waals surface area contributed by atoms with Crippen molar-refractivity contribution >= 4 is 17.3 Å². The molecular formula is C14H21N3O. The Morgan fingerprint density at radius 1 is 1.17 bits per heavy atom. The molecule has 1 N–H and O–H groups in total. The molecule has 4 heteroatoms. The Balaban J connectivity index is 1.95. The Bertz CT molecular complexity index is 394. The van der Waals surface area contributed by atoms with Crippen molar-refractivity contribution in [3.05, 3.63) is 24.3 Å². The van der Waals surface area contributed by atoms with E-state index in [4.69, 9.17) is 0 Å². The second-order valence-electron chi connectivity index (χ2n) is 4.65. The molecule has 0 radical (unpaired) electrons. The minimum Gasteiger partial charge on any atom is -0.369 e. The van der Waals surface area contributed by atoms with E-state index in [0.29, 0.717) is 0 Å². The predicted octanol–water partition coefficient (Wildman–Crippen LogP) is 1.79. The van der Waals surface area contributed by atoms with Gasteiger partial charge < -0.3 is 15.1 Å². The van der Waals surface area contributed by atoms with Crippen molar-refractivity contribution in [1.82, 2.24) is 4.90 Å². The molecule has 1 aliphatic rings. The zero-order chi connectivity index (χ0) is 13.0. The van der Waals surface area contributed by atoms with Crippen LogP contribution in [0, 0.1) is 0 Å². The van der Waals surface area contributed by atoms with E-state index >= 15 is 0 Å². The fraction of sp³-hybridized carbons (Fsp3) is 0.500. The van der Waals surface area contributed by atoms with Crippen LogP contribution in [0.15, 0.2) is 24.3 Å². The van der Waals surface area contributed by atoms with Crippen LogP contribution < -0.4 is 10.2 Å². The number of carbonyl (C=O) groups is 1. The summed E-state index contributed by atoms with van der Waals surface area (Å²) in [5.41, 5.74) is 2.10. The zero-order valence-corrected chi connectivity index (χ0v) is 11.1. The van der Waals surface area contributed by atoms with Gasteiger partial charge in [-0.3, -0.25) is 4.79 Å². The van der Waals surface area contributed by atoms with Crippen molar-refractivity contribution in [3.63, 3.8) is 0 Å². The predicted molar refractivity (Wildman–Crippen MR) is 75.1 cm³/mol. The average molecular weight is 247 g/mol. The summed E-state index contributed by atoms with van der Waals surface area (Å²) in [5, 5.41) is 2.79. The largest absolute Gasteiger partial charge is 0.369 e. The van der Waals surface area contributed by atoms with Gasteiger partial charge in [0, 0.05) is 44.5 Å². The summed E-state index contributed by atoms with van der Waals surface area (Å²) in [4.78, 5) is 15.8. The Morgan fingerprint density at radius 2 is 1.78 bits per heavy atom. The van der Waals surface area contributed by atoms with Gasteiger partial charge in [0.25, 0.3) is 0 Å². The molecule has 1 fully saturated rings. The first-order chi connectivity index (χ1) is 8.69. The third-order valence-corrected chi connectivity index (χ3v) is 3.37. The first kappa shape index (κ1) is 12.9. The molecule has 0 saturated carbocycles. The molecule has 0 spiro atoms. The maximum Gasteiger partial charge on any atom is 0.221 e. The van der Waals surface area contributed by atoms with Crippen LogP contribution >= 0.6 is 0 Å². The highest BCUT2D eigenvalue weighted by molar-refractivity contribution is 5.88. The highest BCUT2D eigenvalue weighted by Crippen LogP contribution is 2.19. The SMILES string of the molecule is CCN1CCN(c2ccc(NC(C)=O)cc2)CC1. The van der Waals surface area contributed by atoms with E-state index in [2.05, 4.69) is 34.2 Å². The highest BCUT2D eigenvalue weighted by Gasteiger charge is 2.15. The second-order valence-corrected chi connectivity index (χ2v) is 4.65. The molecule has 4 nitrogen and oxygen atoms in total. The van der Waals surface area contributed by atoms with Crippen molar-refractivity contribution in [2.24, 2.45) is 0 Å². The lowest BCUT2D eigenvalue weighted by Gasteiger charge is -2.35. The van der Waals surface area contributed by atoms with Gasteiger partial charge in [0.15, 0.2) is 0 Å². The summed E-state index contributed by atoms with van der Waals surface area (Å²) in [7, 11) is 0. The topological polar surface area (TPSA) is 35.6 Å². The minimum absolute atomic E-state index is 0.0284. The molecule has 0 bridgehead atoms. The molecule has 0 aromatic heterocycles. The van der Waals surface area contributed by atoms with Gasteiger partial charge in [-0.05, 0) is 30.8 Å². The summed E-state index contributed by atoms with van der Waals surface area (Å²) in [6.07, 6.45) is 0. The smallest absolute Gasteiger partial charge is 0.221 e. The number of benzene rings is 1. The summed E-state index contributed by atoms with van der Waals surface area (Å²) < 4.78 is 0.